The van der Waals surface area contributed by atoms with E-state index in [9.17, 15) is 4.79 Å². The zero-order chi connectivity index (χ0) is 11.5. The van der Waals surface area contributed by atoms with Crippen LogP contribution in [0.2, 0.25) is 0 Å². The van der Waals surface area contributed by atoms with Crippen LogP contribution in [0.4, 0.5) is 0 Å². The van der Waals surface area contributed by atoms with Gasteiger partial charge in [0.05, 0.1) is 0 Å². The Labute approximate surface area is 96.6 Å². The lowest BCUT2D eigenvalue weighted by Gasteiger charge is -2.13. The molecule has 2 nitrogen and oxygen atoms in total. The summed E-state index contributed by atoms with van der Waals surface area (Å²) < 4.78 is 5.76. The van der Waals surface area contributed by atoms with E-state index in [4.69, 9.17) is 4.74 Å². The van der Waals surface area contributed by atoms with Crippen molar-refractivity contribution in [2.45, 2.75) is 45.1 Å². The molecule has 1 fully saturated rings. The summed E-state index contributed by atoms with van der Waals surface area (Å²) in [6.45, 7) is 4.34. The second-order valence-corrected chi connectivity index (χ2v) is 4.75. The lowest BCUT2D eigenvalue weighted by atomic mass is 10.0. The van der Waals surface area contributed by atoms with Gasteiger partial charge in [0.15, 0.2) is 0 Å². The van der Waals surface area contributed by atoms with E-state index in [1.165, 1.54) is 5.56 Å². The Morgan fingerprint density at radius 2 is 1.94 bits per heavy atom. The highest BCUT2D eigenvalue weighted by molar-refractivity contribution is 5.81. The average molecular weight is 218 g/mol. The molecular formula is C14H18O2. The van der Waals surface area contributed by atoms with Gasteiger partial charge in [0.25, 0.3) is 0 Å². The molecule has 2 rings (SSSR count). The number of carbonyl (C=O) groups is 1. The first-order valence-corrected chi connectivity index (χ1v) is 5.93. The molecule has 0 N–H and O–H groups in total. The topological polar surface area (TPSA) is 26.3 Å². The van der Waals surface area contributed by atoms with Gasteiger partial charge < -0.3 is 4.74 Å². The van der Waals surface area contributed by atoms with Crippen LogP contribution < -0.4 is 4.74 Å². The van der Waals surface area contributed by atoms with E-state index in [0.717, 1.165) is 12.2 Å². The highest BCUT2D eigenvalue weighted by Gasteiger charge is 2.23. The minimum absolute atomic E-state index is 0.0948. The molecule has 86 valence electrons. The third kappa shape index (κ3) is 2.63. The number of Topliss-reactive ketones (excluding diaryl/α,β-unsaturated/α-hetero) is 1. The van der Waals surface area contributed by atoms with Crippen LogP contribution in [0.15, 0.2) is 24.3 Å². The first-order chi connectivity index (χ1) is 7.65. The fourth-order valence-electron chi connectivity index (χ4n) is 2.00. The fraction of sp³-hybridized carbons (Fsp3) is 0.500. The lowest BCUT2D eigenvalue weighted by molar-refractivity contribution is -0.117. The highest BCUT2D eigenvalue weighted by Crippen LogP contribution is 2.23. The maximum atomic E-state index is 11.1. The molecule has 16 heavy (non-hydrogen) atoms. The van der Waals surface area contributed by atoms with Gasteiger partial charge in [0, 0.05) is 12.8 Å². The summed E-state index contributed by atoms with van der Waals surface area (Å²) in [5, 5.41) is 0. The van der Waals surface area contributed by atoms with Crippen molar-refractivity contribution in [3.8, 4) is 5.75 Å². The molecule has 0 amide bonds. The van der Waals surface area contributed by atoms with Crippen LogP contribution in [-0.2, 0) is 4.79 Å². The lowest BCUT2D eigenvalue weighted by Crippen LogP contribution is -2.11. The van der Waals surface area contributed by atoms with Gasteiger partial charge in [0.1, 0.15) is 17.6 Å². The molecule has 1 aliphatic carbocycles. The van der Waals surface area contributed by atoms with Gasteiger partial charge in [-0.1, -0.05) is 26.0 Å². The van der Waals surface area contributed by atoms with Crippen LogP contribution in [0.25, 0.3) is 0 Å². The van der Waals surface area contributed by atoms with Crippen molar-refractivity contribution in [2.24, 2.45) is 0 Å². The van der Waals surface area contributed by atoms with Crippen LogP contribution in [0.1, 0.15) is 44.6 Å². The Hall–Kier alpha value is -1.31. The van der Waals surface area contributed by atoms with E-state index in [1.807, 2.05) is 12.1 Å². The number of hydrogen-bond acceptors (Lipinski definition) is 2. The van der Waals surface area contributed by atoms with Crippen LogP contribution in [0.3, 0.4) is 0 Å². The Morgan fingerprint density at radius 3 is 2.44 bits per heavy atom. The predicted octanol–water partition coefficient (Wildman–Crippen LogP) is 3.31. The monoisotopic (exact) mass is 218 g/mol. The van der Waals surface area contributed by atoms with E-state index in [2.05, 4.69) is 26.0 Å². The number of carbonyl (C=O) groups excluding carboxylic acids is 1. The molecule has 0 spiro atoms. The first kappa shape index (κ1) is 11.2. The van der Waals surface area contributed by atoms with Crippen molar-refractivity contribution < 1.29 is 9.53 Å². The molecule has 0 aliphatic heterocycles. The van der Waals surface area contributed by atoms with Crippen molar-refractivity contribution in [3.63, 3.8) is 0 Å². The molecule has 1 saturated carbocycles. The zero-order valence-corrected chi connectivity index (χ0v) is 9.90. The molecule has 1 aromatic carbocycles. The third-order valence-electron chi connectivity index (χ3n) is 3.05. The number of ketones is 1. The van der Waals surface area contributed by atoms with Gasteiger partial charge >= 0.3 is 0 Å². The van der Waals surface area contributed by atoms with Crippen molar-refractivity contribution in [3.05, 3.63) is 29.8 Å². The smallest absolute Gasteiger partial charge is 0.136 e. The first-order valence-electron chi connectivity index (χ1n) is 5.93. The number of benzene rings is 1. The maximum absolute atomic E-state index is 11.1. The number of rotatable bonds is 3. The average Bonchev–Trinajstić information content (AvgIpc) is 2.65. The highest BCUT2D eigenvalue weighted by atomic mass is 16.5. The largest absolute Gasteiger partial charge is 0.490 e. The van der Waals surface area contributed by atoms with Crippen molar-refractivity contribution in [1.82, 2.24) is 0 Å². The zero-order valence-electron chi connectivity index (χ0n) is 9.90. The summed E-state index contributed by atoms with van der Waals surface area (Å²) in [6, 6.07) is 8.18. The molecule has 1 aromatic rings. The van der Waals surface area contributed by atoms with E-state index < -0.39 is 0 Å². The number of ether oxygens (including phenoxy) is 1. The normalized spacial score (nSPS) is 20.4. The summed E-state index contributed by atoms with van der Waals surface area (Å²) >= 11 is 0. The van der Waals surface area contributed by atoms with Crippen molar-refractivity contribution in [1.29, 1.82) is 0 Å². The Morgan fingerprint density at radius 1 is 1.25 bits per heavy atom. The fourth-order valence-corrected chi connectivity index (χ4v) is 2.00. The van der Waals surface area contributed by atoms with Crippen LogP contribution in [-0.4, -0.2) is 11.9 Å². The predicted molar refractivity (Wildman–Crippen MR) is 63.8 cm³/mol. The SMILES string of the molecule is CC(C)c1ccc(OC2CCC(=O)C2)cc1. The minimum atomic E-state index is 0.0948. The molecule has 2 heteroatoms. The molecule has 0 bridgehead atoms. The Bertz CT molecular complexity index is 365. The van der Waals surface area contributed by atoms with E-state index in [1.54, 1.807) is 0 Å². The molecule has 0 saturated heterocycles. The second kappa shape index (κ2) is 4.69. The third-order valence-corrected chi connectivity index (χ3v) is 3.05. The molecular weight excluding hydrogens is 200 g/mol. The van der Waals surface area contributed by atoms with Gasteiger partial charge in [-0.3, -0.25) is 4.79 Å². The van der Waals surface area contributed by atoms with Gasteiger partial charge in [0.2, 0.25) is 0 Å². The van der Waals surface area contributed by atoms with Gasteiger partial charge in [-0.15, -0.1) is 0 Å². The summed E-state index contributed by atoms with van der Waals surface area (Å²) in [6.07, 6.45) is 2.21. The van der Waals surface area contributed by atoms with Crippen molar-refractivity contribution >= 4 is 5.78 Å². The quantitative estimate of drug-likeness (QED) is 0.778. The van der Waals surface area contributed by atoms with Gasteiger partial charge in [-0.25, -0.2) is 0 Å². The summed E-state index contributed by atoms with van der Waals surface area (Å²) in [5.74, 6) is 1.75. The molecule has 0 radical (unpaired) electrons. The standard InChI is InChI=1S/C14H18O2/c1-10(2)11-3-6-13(7-4-11)16-14-8-5-12(15)9-14/h3-4,6-7,10,14H,5,8-9H2,1-2H3. The van der Waals surface area contributed by atoms with Gasteiger partial charge in [-0.05, 0) is 30.0 Å². The van der Waals surface area contributed by atoms with Crippen LogP contribution in [0.5, 0.6) is 5.75 Å². The van der Waals surface area contributed by atoms with Gasteiger partial charge in [-0.2, -0.15) is 0 Å². The molecule has 1 atom stereocenters. The summed E-state index contributed by atoms with van der Waals surface area (Å²) in [4.78, 5) is 11.1. The summed E-state index contributed by atoms with van der Waals surface area (Å²) in [7, 11) is 0. The molecule has 1 aliphatic rings. The van der Waals surface area contributed by atoms with Crippen LogP contribution >= 0.6 is 0 Å². The maximum Gasteiger partial charge on any atom is 0.136 e. The number of hydrogen-bond donors (Lipinski definition) is 0. The van der Waals surface area contributed by atoms with Crippen LogP contribution in [0, 0.1) is 0 Å². The summed E-state index contributed by atoms with van der Waals surface area (Å²) in [5.41, 5.74) is 1.31. The molecule has 1 unspecified atom stereocenters. The van der Waals surface area contributed by atoms with Crippen molar-refractivity contribution in [2.75, 3.05) is 0 Å². The Kier molecular flexibility index (Phi) is 3.28. The molecule has 0 heterocycles. The minimum Gasteiger partial charge on any atom is -0.490 e. The Balaban J connectivity index is 1.97. The van der Waals surface area contributed by atoms with E-state index >= 15 is 0 Å². The van der Waals surface area contributed by atoms with E-state index in [-0.39, 0.29) is 6.10 Å². The molecule has 0 aromatic heterocycles. The second-order valence-electron chi connectivity index (χ2n) is 4.75. The van der Waals surface area contributed by atoms with E-state index in [0.29, 0.717) is 24.5 Å².